The molecule has 0 aliphatic carbocycles. The monoisotopic (exact) mass is 385 g/mol. The summed E-state index contributed by atoms with van der Waals surface area (Å²) >= 11 is 0. The molecule has 7 nitrogen and oxygen atoms in total. The third-order valence-corrected chi connectivity index (χ3v) is 3.97. The maximum absolute atomic E-state index is 13.3. The molecule has 0 aromatic heterocycles. The van der Waals surface area contributed by atoms with Crippen LogP contribution in [-0.4, -0.2) is 43.3 Å². The number of hydrogen-bond acceptors (Lipinski definition) is 3. The van der Waals surface area contributed by atoms with Gasteiger partial charge in [0.15, 0.2) is 5.96 Å². The summed E-state index contributed by atoms with van der Waals surface area (Å²) in [7, 11) is 3.54. The normalized spacial score (nSPS) is 11.0. The van der Waals surface area contributed by atoms with Crippen LogP contribution in [0.25, 0.3) is 0 Å². The van der Waals surface area contributed by atoms with Gasteiger partial charge in [-0.2, -0.15) is 0 Å². The second kappa shape index (κ2) is 10.1. The van der Waals surface area contributed by atoms with E-state index in [2.05, 4.69) is 15.6 Å². The lowest BCUT2D eigenvalue weighted by Crippen LogP contribution is -2.38. The first-order valence-electron chi connectivity index (χ1n) is 8.70. The van der Waals surface area contributed by atoms with Gasteiger partial charge in [0.05, 0.1) is 6.54 Å². The van der Waals surface area contributed by atoms with Crippen molar-refractivity contribution in [2.75, 3.05) is 20.6 Å². The summed E-state index contributed by atoms with van der Waals surface area (Å²) in [5.74, 6) is -0.562. The summed E-state index contributed by atoms with van der Waals surface area (Å²) in [5.41, 5.74) is 7.25. The van der Waals surface area contributed by atoms with Crippen molar-refractivity contribution in [1.82, 2.24) is 15.5 Å². The summed E-state index contributed by atoms with van der Waals surface area (Å²) in [6.45, 7) is 0.815. The van der Waals surface area contributed by atoms with Gasteiger partial charge in [-0.15, -0.1) is 0 Å². The van der Waals surface area contributed by atoms with Crippen LogP contribution in [0.2, 0.25) is 0 Å². The number of primary amides is 1. The van der Waals surface area contributed by atoms with Gasteiger partial charge in [-0.1, -0.05) is 24.3 Å². The Labute approximate surface area is 163 Å². The van der Waals surface area contributed by atoms with E-state index in [0.29, 0.717) is 24.6 Å². The zero-order valence-corrected chi connectivity index (χ0v) is 15.9. The molecule has 148 valence electrons. The molecule has 0 atom stereocenters. The van der Waals surface area contributed by atoms with E-state index in [0.717, 1.165) is 11.1 Å². The lowest BCUT2D eigenvalue weighted by molar-refractivity contribution is -0.117. The molecule has 8 heteroatoms. The van der Waals surface area contributed by atoms with E-state index in [4.69, 9.17) is 5.73 Å². The summed E-state index contributed by atoms with van der Waals surface area (Å²) in [6.07, 6.45) is 0. The highest BCUT2D eigenvalue weighted by Crippen LogP contribution is 2.08. The molecule has 0 unspecified atom stereocenters. The minimum Gasteiger partial charge on any atom is -0.368 e. The lowest BCUT2D eigenvalue weighted by atomic mass is 10.1. The number of benzene rings is 2. The fraction of sp³-hybridized carbons (Fsp3) is 0.250. The van der Waals surface area contributed by atoms with Gasteiger partial charge in [0, 0.05) is 32.7 Å². The molecule has 0 saturated carbocycles. The largest absolute Gasteiger partial charge is 0.368 e. The van der Waals surface area contributed by atoms with Crippen LogP contribution in [0, 0.1) is 5.82 Å². The first kappa shape index (κ1) is 20.9. The molecule has 28 heavy (non-hydrogen) atoms. The topological polar surface area (TPSA) is 99.8 Å². The summed E-state index contributed by atoms with van der Waals surface area (Å²) < 4.78 is 13.3. The number of nitrogens with one attached hydrogen (secondary N) is 2. The van der Waals surface area contributed by atoms with Crippen LogP contribution in [0.4, 0.5) is 4.39 Å². The molecule has 0 fully saturated rings. The van der Waals surface area contributed by atoms with E-state index in [1.807, 2.05) is 30.1 Å². The number of guanidine groups is 1. The van der Waals surface area contributed by atoms with E-state index in [-0.39, 0.29) is 18.3 Å². The predicted octanol–water partition coefficient (Wildman–Crippen LogP) is 1.25. The zero-order chi connectivity index (χ0) is 20.5. The van der Waals surface area contributed by atoms with Gasteiger partial charge in [-0.3, -0.25) is 14.6 Å². The van der Waals surface area contributed by atoms with Gasteiger partial charge in [0.1, 0.15) is 5.82 Å². The van der Waals surface area contributed by atoms with Crippen LogP contribution in [0.3, 0.4) is 0 Å². The first-order valence-corrected chi connectivity index (χ1v) is 8.70. The molecule has 0 aliphatic rings. The van der Waals surface area contributed by atoms with Gasteiger partial charge in [0.25, 0.3) is 5.91 Å². The van der Waals surface area contributed by atoms with E-state index in [9.17, 15) is 14.0 Å². The van der Waals surface area contributed by atoms with Crippen molar-refractivity contribution in [2.45, 2.75) is 13.1 Å². The Hall–Kier alpha value is -3.42. The summed E-state index contributed by atoms with van der Waals surface area (Å²) in [4.78, 5) is 28.7. The van der Waals surface area contributed by atoms with Gasteiger partial charge >= 0.3 is 0 Å². The van der Waals surface area contributed by atoms with Crippen molar-refractivity contribution in [1.29, 1.82) is 0 Å². The highest BCUT2D eigenvalue weighted by atomic mass is 19.1. The Kier molecular flexibility index (Phi) is 7.50. The molecule has 4 N–H and O–H groups in total. The van der Waals surface area contributed by atoms with Crippen LogP contribution in [-0.2, 0) is 17.9 Å². The highest BCUT2D eigenvalue weighted by Gasteiger charge is 2.09. The molecular weight excluding hydrogens is 361 g/mol. The summed E-state index contributed by atoms with van der Waals surface area (Å²) in [6, 6.07) is 13.4. The Morgan fingerprint density at radius 3 is 2.43 bits per heavy atom. The van der Waals surface area contributed by atoms with Gasteiger partial charge < -0.3 is 21.3 Å². The Morgan fingerprint density at radius 2 is 1.82 bits per heavy atom. The van der Waals surface area contributed by atoms with Gasteiger partial charge in [-0.25, -0.2) is 4.39 Å². The van der Waals surface area contributed by atoms with Crippen LogP contribution in [0.1, 0.15) is 21.5 Å². The zero-order valence-electron chi connectivity index (χ0n) is 15.9. The smallest absolute Gasteiger partial charge is 0.251 e. The molecule has 0 heterocycles. The minimum absolute atomic E-state index is 0.198. The Balaban J connectivity index is 1.90. The maximum Gasteiger partial charge on any atom is 0.251 e. The van der Waals surface area contributed by atoms with Crippen molar-refractivity contribution in [3.63, 3.8) is 0 Å². The molecule has 0 radical (unpaired) electrons. The number of halogens is 1. The molecule has 0 spiro atoms. The van der Waals surface area contributed by atoms with Gasteiger partial charge in [0.2, 0.25) is 5.91 Å². The molecule has 2 aromatic carbocycles. The third kappa shape index (κ3) is 6.39. The number of nitrogens with zero attached hydrogens (tertiary/aromatic N) is 2. The maximum atomic E-state index is 13.3. The van der Waals surface area contributed by atoms with Crippen LogP contribution in [0.5, 0.6) is 0 Å². The Bertz CT molecular complexity index is 852. The SMILES string of the molecule is CN=C(NCc1ccc(C(=O)NCC(N)=O)cc1)N(C)Cc1cccc(F)c1. The average molecular weight is 385 g/mol. The van der Waals surface area contributed by atoms with Crippen LogP contribution < -0.4 is 16.4 Å². The van der Waals surface area contributed by atoms with E-state index >= 15 is 0 Å². The van der Waals surface area contributed by atoms with Crippen molar-refractivity contribution >= 4 is 17.8 Å². The molecule has 2 aromatic rings. The van der Waals surface area contributed by atoms with E-state index < -0.39 is 5.91 Å². The second-order valence-corrected chi connectivity index (χ2v) is 6.23. The molecule has 2 rings (SSSR count). The third-order valence-electron chi connectivity index (χ3n) is 3.97. The lowest BCUT2D eigenvalue weighted by Gasteiger charge is -2.22. The van der Waals surface area contributed by atoms with Crippen molar-refractivity contribution in [3.05, 3.63) is 71.0 Å². The molecule has 0 bridgehead atoms. The number of aliphatic imine (C=N–C) groups is 1. The molecular formula is C20H24FN5O2. The number of hydrogen-bond donors (Lipinski definition) is 3. The second-order valence-electron chi connectivity index (χ2n) is 6.23. The Morgan fingerprint density at radius 1 is 1.11 bits per heavy atom. The van der Waals surface area contributed by atoms with Crippen LogP contribution >= 0.6 is 0 Å². The van der Waals surface area contributed by atoms with E-state index in [1.165, 1.54) is 12.1 Å². The van der Waals surface area contributed by atoms with Crippen molar-refractivity contribution in [2.24, 2.45) is 10.7 Å². The van der Waals surface area contributed by atoms with Gasteiger partial charge in [-0.05, 0) is 35.4 Å². The number of rotatable bonds is 7. The van der Waals surface area contributed by atoms with Crippen molar-refractivity contribution < 1.29 is 14.0 Å². The van der Waals surface area contributed by atoms with Crippen LogP contribution in [0.15, 0.2) is 53.5 Å². The number of amides is 2. The number of carbonyl (C=O) groups is 2. The average Bonchev–Trinajstić information content (AvgIpc) is 2.67. The molecule has 0 saturated heterocycles. The fourth-order valence-electron chi connectivity index (χ4n) is 2.59. The highest BCUT2D eigenvalue weighted by molar-refractivity contribution is 5.96. The van der Waals surface area contributed by atoms with E-state index in [1.54, 1.807) is 25.2 Å². The molecule has 0 aliphatic heterocycles. The standard InChI is InChI=1S/C20H24FN5O2/c1-23-20(26(2)13-15-4-3-5-17(21)10-15)25-11-14-6-8-16(9-7-14)19(28)24-12-18(22)27/h3-10H,11-13H2,1-2H3,(H2,22,27)(H,23,25)(H,24,28). The minimum atomic E-state index is -0.595. The molecule has 2 amide bonds. The number of nitrogens with two attached hydrogens (primary N) is 1. The quantitative estimate of drug-likeness (QED) is 0.493. The predicted molar refractivity (Wildman–Crippen MR) is 106 cm³/mol. The first-order chi connectivity index (χ1) is 13.4. The van der Waals surface area contributed by atoms with Crippen molar-refractivity contribution in [3.8, 4) is 0 Å². The number of carbonyl (C=O) groups excluding carboxylic acids is 2. The fourth-order valence-corrected chi connectivity index (χ4v) is 2.59. The summed E-state index contributed by atoms with van der Waals surface area (Å²) in [5, 5.41) is 5.67.